The maximum absolute atomic E-state index is 12.3. The zero-order valence-electron chi connectivity index (χ0n) is 15.3. The number of carbonyl (C=O) groups is 2. The highest BCUT2D eigenvalue weighted by molar-refractivity contribution is 5.95. The monoisotopic (exact) mass is 371 g/mol. The molecule has 2 amide bonds. The first-order valence-corrected chi connectivity index (χ1v) is 8.39. The molecule has 0 radical (unpaired) electrons. The van der Waals surface area contributed by atoms with E-state index in [1.165, 1.54) is 25.1 Å². The van der Waals surface area contributed by atoms with Gasteiger partial charge in [0.2, 0.25) is 5.91 Å². The Bertz CT molecular complexity index is 833. The quantitative estimate of drug-likeness (QED) is 0.571. The van der Waals surface area contributed by atoms with Crippen LogP contribution in [0.3, 0.4) is 0 Å². The summed E-state index contributed by atoms with van der Waals surface area (Å²) in [6.07, 6.45) is -0.938. The molecule has 0 saturated carbocycles. The fourth-order valence-electron chi connectivity index (χ4n) is 2.12. The van der Waals surface area contributed by atoms with Crippen LogP contribution >= 0.6 is 0 Å². The van der Waals surface area contributed by atoms with Gasteiger partial charge in [0.05, 0.1) is 4.92 Å². The first-order chi connectivity index (χ1) is 12.8. The van der Waals surface area contributed by atoms with Gasteiger partial charge >= 0.3 is 5.69 Å². The van der Waals surface area contributed by atoms with Crippen LogP contribution in [0.25, 0.3) is 0 Å². The number of anilines is 2. The summed E-state index contributed by atoms with van der Waals surface area (Å²) in [5.74, 6) is -0.660. The summed E-state index contributed by atoms with van der Waals surface area (Å²) in [6.45, 7) is 5.09. The zero-order chi connectivity index (χ0) is 20.0. The second-order valence-electron chi connectivity index (χ2n) is 6.20. The molecule has 1 unspecified atom stereocenters. The zero-order valence-corrected chi connectivity index (χ0v) is 15.3. The maximum Gasteiger partial charge on any atom is 0.310 e. The normalized spacial score (nSPS) is 11.6. The Morgan fingerprint density at radius 1 is 0.926 bits per heavy atom. The third-order valence-corrected chi connectivity index (χ3v) is 3.68. The largest absolute Gasteiger partial charge is 0.474 e. The predicted octanol–water partition coefficient (Wildman–Crippen LogP) is 3.60. The van der Waals surface area contributed by atoms with Crippen molar-refractivity contribution in [2.75, 3.05) is 10.6 Å². The summed E-state index contributed by atoms with van der Waals surface area (Å²) in [5, 5.41) is 16.4. The van der Waals surface area contributed by atoms with Crippen LogP contribution in [0, 0.1) is 16.0 Å². The van der Waals surface area contributed by atoms with E-state index in [9.17, 15) is 19.7 Å². The number of ether oxygens (including phenoxy) is 1. The molecule has 2 aromatic carbocycles. The number of hydrogen-bond donors (Lipinski definition) is 2. The molecule has 0 bridgehead atoms. The van der Waals surface area contributed by atoms with Crippen LogP contribution in [-0.4, -0.2) is 22.8 Å². The van der Waals surface area contributed by atoms with Crippen molar-refractivity contribution >= 4 is 28.9 Å². The number of nitrogens with one attached hydrogen (secondary N) is 2. The molecule has 142 valence electrons. The van der Waals surface area contributed by atoms with E-state index in [0.717, 1.165) is 0 Å². The minimum absolute atomic E-state index is 0.0249. The molecule has 2 aromatic rings. The number of amides is 2. The first kappa shape index (κ1) is 19.9. The van der Waals surface area contributed by atoms with E-state index in [1.54, 1.807) is 44.2 Å². The molecule has 0 spiro atoms. The Labute approximate surface area is 156 Å². The number of para-hydroxylation sites is 2. The predicted molar refractivity (Wildman–Crippen MR) is 102 cm³/mol. The fraction of sp³-hybridized carbons (Fsp3) is 0.263. The van der Waals surface area contributed by atoms with Crippen LogP contribution in [-0.2, 0) is 9.59 Å². The standard InChI is InChI=1S/C19H21N3O5/c1-12(2)18(23)20-14-8-10-15(11-9-14)21-19(24)13(3)27-17-7-5-4-6-16(17)22(25)26/h4-13H,1-3H3,(H,20,23)(H,21,24). The van der Waals surface area contributed by atoms with E-state index in [2.05, 4.69) is 10.6 Å². The van der Waals surface area contributed by atoms with Crippen molar-refractivity contribution < 1.29 is 19.2 Å². The van der Waals surface area contributed by atoms with Gasteiger partial charge in [0.15, 0.2) is 11.9 Å². The lowest BCUT2D eigenvalue weighted by Crippen LogP contribution is -2.30. The lowest BCUT2D eigenvalue weighted by molar-refractivity contribution is -0.386. The molecule has 0 saturated heterocycles. The molecule has 8 heteroatoms. The third-order valence-electron chi connectivity index (χ3n) is 3.68. The third kappa shape index (κ3) is 5.53. The summed E-state index contributed by atoms with van der Waals surface area (Å²) >= 11 is 0. The van der Waals surface area contributed by atoms with Crippen molar-refractivity contribution in [2.45, 2.75) is 26.9 Å². The minimum atomic E-state index is -0.938. The van der Waals surface area contributed by atoms with Crippen LogP contribution in [0.15, 0.2) is 48.5 Å². The van der Waals surface area contributed by atoms with Crippen LogP contribution in [0.5, 0.6) is 5.75 Å². The van der Waals surface area contributed by atoms with Gasteiger partial charge in [-0.05, 0) is 37.3 Å². The van der Waals surface area contributed by atoms with E-state index in [0.29, 0.717) is 11.4 Å². The Kier molecular flexibility index (Phi) is 6.48. The van der Waals surface area contributed by atoms with Crippen molar-refractivity contribution in [1.82, 2.24) is 0 Å². The molecule has 8 nitrogen and oxygen atoms in total. The highest BCUT2D eigenvalue weighted by Gasteiger charge is 2.20. The van der Waals surface area contributed by atoms with Crippen LogP contribution in [0.1, 0.15) is 20.8 Å². The number of benzene rings is 2. The van der Waals surface area contributed by atoms with E-state index in [4.69, 9.17) is 4.74 Å². The Hall–Kier alpha value is -3.42. The lowest BCUT2D eigenvalue weighted by Gasteiger charge is -2.15. The molecule has 0 fully saturated rings. The average Bonchev–Trinajstić information content (AvgIpc) is 2.63. The van der Waals surface area contributed by atoms with Gasteiger partial charge in [-0.2, -0.15) is 0 Å². The molecule has 2 rings (SSSR count). The van der Waals surface area contributed by atoms with Gasteiger partial charge in [0.1, 0.15) is 0 Å². The van der Waals surface area contributed by atoms with Crippen LogP contribution < -0.4 is 15.4 Å². The summed E-state index contributed by atoms with van der Waals surface area (Å²) in [5.41, 5.74) is 0.930. The van der Waals surface area contributed by atoms with E-state index in [1.807, 2.05) is 0 Å². The van der Waals surface area contributed by atoms with Crippen LogP contribution in [0.4, 0.5) is 17.1 Å². The summed E-state index contributed by atoms with van der Waals surface area (Å²) in [6, 6.07) is 12.5. The van der Waals surface area contributed by atoms with Gasteiger partial charge in [-0.1, -0.05) is 26.0 Å². The SMILES string of the molecule is CC(C)C(=O)Nc1ccc(NC(=O)C(C)Oc2ccccc2[N+](=O)[O-])cc1. The highest BCUT2D eigenvalue weighted by Crippen LogP contribution is 2.27. The van der Waals surface area contributed by atoms with Crippen molar-refractivity contribution in [1.29, 1.82) is 0 Å². The van der Waals surface area contributed by atoms with Crippen molar-refractivity contribution in [3.8, 4) is 5.75 Å². The molecule has 1 atom stereocenters. The fourth-order valence-corrected chi connectivity index (χ4v) is 2.12. The smallest absolute Gasteiger partial charge is 0.310 e. The summed E-state index contributed by atoms with van der Waals surface area (Å²) < 4.78 is 5.43. The van der Waals surface area contributed by atoms with E-state index >= 15 is 0 Å². The van der Waals surface area contributed by atoms with Crippen LogP contribution in [0.2, 0.25) is 0 Å². The Morgan fingerprint density at radius 2 is 1.44 bits per heavy atom. The molecule has 0 aliphatic rings. The van der Waals surface area contributed by atoms with Crippen molar-refractivity contribution in [3.63, 3.8) is 0 Å². The van der Waals surface area contributed by atoms with Gasteiger partial charge < -0.3 is 15.4 Å². The van der Waals surface area contributed by atoms with Gasteiger partial charge in [-0.25, -0.2) is 0 Å². The molecule has 2 N–H and O–H groups in total. The molecule has 0 aliphatic heterocycles. The average molecular weight is 371 g/mol. The molecular formula is C19H21N3O5. The lowest BCUT2D eigenvalue weighted by atomic mass is 10.2. The highest BCUT2D eigenvalue weighted by atomic mass is 16.6. The molecular weight excluding hydrogens is 350 g/mol. The van der Waals surface area contributed by atoms with Gasteiger partial charge in [-0.15, -0.1) is 0 Å². The number of nitro benzene ring substituents is 1. The first-order valence-electron chi connectivity index (χ1n) is 8.39. The van der Waals surface area contributed by atoms with Gasteiger partial charge in [-0.3, -0.25) is 19.7 Å². The maximum atomic E-state index is 12.3. The van der Waals surface area contributed by atoms with Gasteiger partial charge in [0.25, 0.3) is 5.91 Å². The minimum Gasteiger partial charge on any atom is -0.474 e. The molecule has 0 heterocycles. The number of carbonyl (C=O) groups excluding carboxylic acids is 2. The van der Waals surface area contributed by atoms with Crippen molar-refractivity contribution in [3.05, 3.63) is 58.6 Å². The Balaban J connectivity index is 1.98. The second kappa shape index (κ2) is 8.79. The number of nitrogens with zero attached hydrogens (tertiary/aromatic N) is 1. The molecule has 0 aromatic heterocycles. The van der Waals surface area contributed by atoms with E-state index < -0.39 is 16.9 Å². The summed E-state index contributed by atoms with van der Waals surface area (Å²) in [4.78, 5) is 34.4. The topological polar surface area (TPSA) is 111 Å². The second-order valence-corrected chi connectivity index (χ2v) is 6.20. The number of rotatable bonds is 7. The number of nitro groups is 1. The van der Waals surface area contributed by atoms with Gasteiger partial charge in [0, 0.05) is 23.4 Å². The molecule has 0 aliphatic carbocycles. The Morgan fingerprint density at radius 3 is 1.96 bits per heavy atom. The van der Waals surface area contributed by atoms with Crippen molar-refractivity contribution in [2.24, 2.45) is 5.92 Å². The molecule has 27 heavy (non-hydrogen) atoms. The van der Waals surface area contributed by atoms with E-state index in [-0.39, 0.29) is 23.3 Å². The summed E-state index contributed by atoms with van der Waals surface area (Å²) in [7, 11) is 0. The number of hydrogen-bond acceptors (Lipinski definition) is 5.